The van der Waals surface area contributed by atoms with Crippen molar-refractivity contribution in [2.24, 2.45) is 0 Å². The lowest BCUT2D eigenvalue weighted by Crippen LogP contribution is -2.51. The minimum atomic E-state index is 1.13. The van der Waals surface area contributed by atoms with Crippen LogP contribution in [0.15, 0.2) is 60.7 Å². The highest BCUT2D eigenvalue weighted by Gasteiger charge is 2.32. The van der Waals surface area contributed by atoms with Crippen LogP contribution in [0.3, 0.4) is 0 Å². The average molecular weight is 252 g/mol. The van der Waals surface area contributed by atoms with Crippen LogP contribution in [-0.2, 0) is 6.54 Å². The molecule has 0 aromatic heterocycles. The van der Waals surface area contributed by atoms with Crippen LogP contribution in [0.1, 0.15) is 24.8 Å². The summed E-state index contributed by atoms with van der Waals surface area (Å²) in [6.07, 6.45) is 4.09. The van der Waals surface area contributed by atoms with Gasteiger partial charge >= 0.3 is 0 Å². The molecule has 1 aliphatic rings. The van der Waals surface area contributed by atoms with Crippen LogP contribution in [0.25, 0.3) is 0 Å². The summed E-state index contributed by atoms with van der Waals surface area (Å²) in [5.41, 5.74) is 2.93. The molecule has 0 saturated carbocycles. The maximum absolute atomic E-state index is 2.30. The van der Waals surface area contributed by atoms with Crippen molar-refractivity contribution in [3.8, 4) is 0 Å². The third kappa shape index (κ3) is 2.71. The van der Waals surface area contributed by atoms with Crippen molar-refractivity contribution >= 4 is 5.69 Å². The quantitative estimate of drug-likeness (QED) is 0.711. The molecule has 2 aromatic carbocycles. The van der Waals surface area contributed by atoms with Crippen LogP contribution in [0.4, 0.5) is 5.69 Å². The van der Waals surface area contributed by atoms with Crippen molar-refractivity contribution in [1.29, 1.82) is 0 Å². The molecule has 0 aliphatic carbocycles. The van der Waals surface area contributed by atoms with E-state index in [0.29, 0.717) is 0 Å². The van der Waals surface area contributed by atoms with Gasteiger partial charge in [0, 0.05) is 5.56 Å². The Hall–Kier alpha value is -1.60. The lowest BCUT2D eigenvalue weighted by Gasteiger charge is -2.41. The fraction of sp³-hybridized carbons (Fsp3) is 0.333. The Morgan fingerprint density at radius 3 is 1.89 bits per heavy atom. The summed E-state index contributed by atoms with van der Waals surface area (Å²) in [5.74, 6) is 0. The number of para-hydroxylation sites is 1. The number of hydrogen-bond donors (Lipinski definition) is 0. The zero-order valence-corrected chi connectivity index (χ0v) is 11.5. The van der Waals surface area contributed by atoms with Crippen LogP contribution >= 0.6 is 0 Å². The molecule has 0 radical (unpaired) electrons. The van der Waals surface area contributed by atoms with Gasteiger partial charge in [-0.1, -0.05) is 48.5 Å². The van der Waals surface area contributed by atoms with E-state index in [1.807, 2.05) is 0 Å². The van der Waals surface area contributed by atoms with Gasteiger partial charge in [-0.2, -0.15) is 0 Å². The van der Waals surface area contributed by atoms with Gasteiger partial charge in [0.15, 0.2) is 0 Å². The monoisotopic (exact) mass is 252 g/mol. The highest BCUT2D eigenvalue weighted by molar-refractivity contribution is 5.43. The van der Waals surface area contributed by atoms with E-state index in [9.17, 15) is 0 Å². The maximum atomic E-state index is 2.30. The molecule has 19 heavy (non-hydrogen) atoms. The Kier molecular flexibility index (Phi) is 3.65. The Balaban J connectivity index is 1.93. The van der Waals surface area contributed by atoms with Gasteiger partial charge in [0.25, 0.3) is 0 Å². The number of benzene rings is 2. The van der Waals surface area contributed by atoms with Crippen molar-refractivity contribution in [3.05, 3.63) is 66.2 Å². The van der Waals surface area contributed by atoms with E-state index in [1.54, 1.807) is 0 Å². The molecule has 1 saturated heterocycles. The van der Waals surface area contributed by atoms with Gasteiger partial charge in [0.2, 0.25) is 0 Å². The molecule has 1 nitrogen and oxygen atoms in total. The second-order valence-corrected chi connectivity index (χ2v) is 5.63. The molecule has 1 heterocycles. The molecule has 0 atom stereocenters. The van der Waals surface area contributed by atoms with Gasteiger partial charge in [-0.05, 0) is 31.4 Å². The van der Waals surface area contributed by atoms with E-state index in [0.717, 1.165) is 11.0 Å². The number of quaternary nitrogens is 1. The number of piperidine rings is 1. The molecule has 0 spiro atoms. The van der Waals surface area contributed by atoms with E-state index >= 15 is 0 Å². The summed E-state index contributed by atoms with van der Waals surface area (Å²) in [4.78, 5) is 0. The van der Waals surface area contributed by atoms with Gasteiger partial charge in [-0.3, -0.25) is 4.48 Å². The number of likely N-dealkylation sites (tertiary alicyclic amines) is 1. The zero-order valence-electron chi connectivity index (χ0n) is 11.5. The molecule has 0 amide bonds. The predicted molar refractivity (Wildman–Crippen MR) is 82.0 cm³/mol. The second-order valence-electron chi connectivity index (χ2n) is 5.63. The first-order chi connectivity index (χ1) is 9.39. The molecule has 0 N–H and O–H groups in total. The van der Waals surface area contributed by atoms with Crippen molar-refractivity contribution < 1.29 is 0 Å². The van der Waals surface area contributed by atoms with Crippen LogP contribution < -0.4 is 4.48 Å². The minimum Gasteiger partial charge on any atom is -0.287 e. The molecule has 1 fully saturated rings. The lowest BCUT2D eigenvalue weighted by atomic mass is 10.0. The van der Waals surface area contributed by atoms with Crippen molar-refractivity contribution in [2.45, 2.75) is 25.8 Å². The van der Waals surface area contributed by atoms with Crippen molar-refractivity contribution in [1.82, 2.24) is 4.48 Å². The van der Waals surface area contributed by atoms with Gasteiger partial charge in [-0.15, -0.1) is 0 Å². The summed E-state index contributed by atoms with van der Waals surface area (Å²) in [5, 5.41) is 0. The molecule has 1 aliphatic heterocycles. The van der Waals surface area contributed by atoms with E-state index < -0.39 is 0 Å². The van der Waals surface area contributed by atoms with Gasteiger partial charge in [-0.25, -0.2) is 0 Å². The normalized spacial score (nSPS) is 18.1. The molecular formula is C18H22N+. The Labute approximate surface area is 116 Å². The topological polar surface area (TPSA) is 0 Å². The molecule has 2 aromatic rings. The summed E-state index contributed by atoms with van der Waals surface area (Å²) in [7, 11) is 0. The average Bonchev–Trinajstić information content (AvgIpc) is 2.50. The Morgan fingerprint density at radius 2 is 1.26 bits per heavy atom. The van der Waals surface area contributed by atoms with Crippen molar-refractivity contribution in [3.63, 3.8) is 0 Å². The van der Waals surface area contributed by atoms with Crippen LogP contribution in [0.5, 0.6) is 0 Å². The van der Waals surface area contributed by atoms with Gasteiger partial charge in [0.1, 0.15) is 12.2 Å². The standard InChI is InChI=1S/C18H22N/c1-4-10-17(11-5-1)16-19(14-8-3-9-15-19)18-12-6-2-7-13-18/h1-2,4-7,10-13H,3,8-9,14-16H2/q+1. The SMILES string of the molecule is c1ccc(C[N+]2(c3ccccc3)CCCCC2)cc1. The third-order valence-electron chi connectivity index (χ3n) is 4.30. The molecule has 0 bridgehead atoms. The fourth-order valence-corrected chi connectivity index (χ4v) is 3.30. The van der Waals surface area contributed by atoms with Gasteiger partial charge in [0.05, 0.1) is 13.1 Å². The molecule has 1 heteroatoms. The van der Waals surface area contributed by atoms with E-state index in [4.69, 9.17) is 0 Å². The van der Waals surface area contributed by atoms with Crippen LogP contribution in [0, 0.1) is 0 Å². The largest absolute Gasteiger partial charge is 0.287 e. The van der Waals surface area contributed by atoms with E-state index in [1.165, 1.54) is 43.6 Å². The summed E-state index contributed by atoms with van der Waals surface area (Å²) in [6.45, 7) is 3.68. The fourth-order valence-electron chi connectivity index (χ4n) is 3.30. The van der Waals surface area contributed by atoms with E-state index in [2.05, 4.69) is 60.7 Å². The first kappa shape index (κ1) is 12.4. The summed E-state index contributed by atoms with van der Waals surface area (Å²) >= 11 is 0. The smallest absolute Gasteiger partial charge is 0.133 e. The molecular weight excluding hydrogens is 230 g/mol. The van der Waals surface area contributed by atoms with E-state index in [-0.39, 0.29) is 0 Å². The lowest BCUT2D eigenvalue weighted by molar-refractivity contribution is 0.221. The van der Waals surface area contributed by atoms with Crippen LogP contribution in [-0.4, -0.2) is 13.1 Å². The first-order valence-corrected chi connectivity index (χ1v) is 7.35. The predicted octanol–water partition coefficient (Wildman–Crippen LogP) is 4.38. The highest BCUT2D eigenvalue weighted by Crippen LogP contribution is 2.30. The number of hydrogen-bond acceptors (Lipinski definition) is 0. The summed E-state index contributed by atoms with van der Waals surface area (Å²) in [6, 6.07) is 22.0. The first-order valence-electron chi connectivity index (χ1n) is 7.35. The Morgan fingerprint density at radius 1 is 0.684 bits per heavy atom. The third-order valence-corrected chi connectivity index (χ3v) is 4.30. The Bertz CT molecular complexity index is 498. The van der Waals surface area contributed by atoms with Gasteiger partial charge < -0.3 is 0 Å². The second kappa shape index (κ2) is 5.58. The minimum absolute atomic E-state index is 1.13. The zero-order chi connectivity index (χ0) is 13.0. The number of rotatable bonds is 3. The number of nitrogens with zero attached hydrogens (tertiary/aromatic N) is 1. The van der Waals surface area contributed by atoms with Crippen LogP contribution in [0.2, 0.25) is 0 Å². The summed E-state index contributed by atoms with van der Waals surface area (Å²) < 4.78 is 1.13. The van der Waals surface area contributed by atoms with Crippen molar-refractivity contribution in [2.75, 3.05) is 13.1 Å². The molecule has 3 rings (SSSR count). The molecule has 0 unspecified atom stereocenters. The maximum Gasteiger partial charge on any atom is 0.133 e. The highest BCUT2D eigenvalue weighted by atomic mass is 15.4. The molecule has 98 valence electrons.